The molecule has 0 aliphatic heterocycles. The first-order chi connectivity index (χ1) is 12.8. The lowest BCUT2D eigenvalue weighted by Gasteiger charge is -2.07. The van der Waals surface area contributed by atoms with Gasteiger partial charge in [0.25, 0.3) is 5.56 Å². The molecule has 0 unspecified atom stereocenters. The number of aryl methyl sites for hydroxylation is 1. The Bertz CT molecular complexity index is 1350. The minimum Gasteiger partial charge on any atom is -0.323 e. The van der Waals surface area contributed by atoms with Crippen LogP contribution >= 0.6 is 23.1 Å². The van der Waals surface area contributed by atoms with Crippen molar-refractivity contribution < 1.29 is 8.42 Å². The molecule has 0 saturated heterocycles. The zero-order valence-electron chi connectivity index (χ0n) is 14.8. The van der Waals surface area contributed by atoms with Crippen LogP contribution in [-0.4, -0.2) is 40.3 Å². The number of thioether (sulfide) groups is 1. The van der Waals surface area contributed by atoms with Crippen molar-refractivity contribution in [1.82, 2.24) is 19.3 Å². The van der Waals surface area contributed by atoms with Crippen molar-refractivity contribution in [1.29, 1.82) is 0 Å². The zero-order valence-corrected chi connectivity index (χ0v) is 17.3. The van der Waals surface area contributed by atoms with Gasteiger partial charge in [0.2, 0.25) is 0 Å². The molecule has 0 amide bonds. The minimum absolute atomic E-state index is 0.195. The van der Waals surface area contributed by atoms with Gasteiger partial charge in [-0.05, 0) is 24.0 Å². The van der Waals surface area contributed by atoms with Crippen molar-refractivity contribution in [3.8, 4) is 0 Å². The minimum atomic E-state index is -3.31. The van der Waals surface area contributed by atoms with Crippen LogP contribution in [0.4, 0.5) is 0 Å². The second-order valence-corrected chi connectivity index (χ2v) is 10.3. The number of aromatic nitrogens is 4. The number of thiazole rings is 1. The molecule has 0 fully saturated rings. The molecule has 0 atom stereocenters. The lowest BCUT2D eigenvalue weighted by atomic mass is 10.2. The van der Waals surface area contributed by atoms with E-state index >= 15 is 0 Å². The molecule has 3 aromatic heterocycles. The molecule has 0 N–H and O–H groups in total. The van der Waals surface area contributed by atoms with Gasteiger partial charge in [-0.1, -0.05) is 23.9 Å². The third kappa shape index (κ3) is 3.07. The van der Waals surface area contributed by atoms with E-state index < -0.39 is 9.84 Å². The summed E-state index contributed by atoms with van der Waals surface area (Å²) >= 11 is 3.12. The van der Waals surface area contributed by atoms with Crippen molar-refractivity contribution in [2.24, 2.45) is 7.05 Å². The van der Waals surface area contributed by atoms with Gasteiger partial charge in [-0.15, -0.1) is 11.3 Å². The molecular weight excluding hydrogens is 404 g/mol. The van der Waals surface area contributed by atoms with E-state index in [1.807, 2.05) is 13.3 Å². The summed E-state index contributed by atoms with van der Waals surface area (Å²) in [6.07, 6.45) is 4.81. The average molecular weight is 421 g/mol. The highest BCUT2D eigenvalue weighted by Crippen LogP contribution is 2.34. The summed E-state index contributed by atoms with van der Waals surface area (Å²) in [6.45, 7) is 0.195. The Morgan fingerprint density at radius 2 is 2.07 bits per heavy atom. The van der Waals surface area contributed by atoms with Crippen LogP contribution < -0.4 is 5.56 Å². The van der Waals surface area contributed by atoms with Gasteiger partial charge < -0.3 is 4.57 Å². The van der Waals surface area contributed by atoms with E-state index in [0.29, 0.717) is 11.1 Å². The number of hydrogen-bond donors (Lipinski definition) is 0. The highest BCUT2D eigenvalue weighted by Gasteiger charge is 2.18. The first kappa shape index (κ1) is 18.2. The van der Waals surface area contributed by atoms with Gasteiger partial charge >= 0.3 is 0 Å². The summed E-state index contributed by atoms with van der Waals surface area (Å²) in [7, 11) is -1.48. The predicted octanol–water partition coefficient (Wildman–Crippen LogP) is 2.52. The predicted molar refractivity (Wildman–Crippen MR) is 109 cm³/mol. The van der Waals surface area contributed by atoms with E-state index in [1.54, 1.807) is 58.1 Å². The fraction of sp³-hybridized carbons (Fsp3) is 0.235. The van der Waals surface area contributed by atoms with Crippen LogP contribution in [0.15, 0.2) is 44.5 Å². The van der Waals surface area contributed by atoms with E-state index in [0.717, 1.165) is 26.3 Å². The largest absolute Gasteiger partial charge is 0.323 e. The quantitative estimate of drug-likeness (QED) is 0.472. The first-order valence-corrected chi connectivity index (χ1v) is 11.9. The number of benzene rings is 1. The van der Waals surface area contributed by atoms with E-state index in [9.17, 15) is 13.2 Å². The lowest BCUT2D eigenvalue weighted by molar-refractivity contribution is 0.601. The molecule has 0 saturated carbocycles. The molecule has 10 heteroatoms. The van der Waals surface area contributed by atoms with Crippen LogP contribution in [0.1, 0.15) is 5.56 Å². The summed E-state index contributed by atoms with van der Waals surface area (Å²) < 4.78 is 28.5. The Kier molecular flexibility index (Phi) is 4.36. The Hall–Kier alpha value is -2.17. The maximum absolute atomic E-state index is 13.0. The van der Waals surface area contributed by atoms with Crippen LogP contribution in [0.25, 0.3) is 21.3 Å². The van der Waals surface area contributed by atoms with Crippen LogP contribution in [0.3, 0.4) is 0 Å². The molecular formula is C17H16N4O3S3. The van der Waals surface area contributed by atoms with Crippen molar-refractivity contribution in [2.45, 2.75) is 15.8 Å². The fourth-order valence-corrected chi connectivity index (χ4v) is 5.31. The smallest absolute Gasteiger partial charge is 0.291 e. The van der Waals surface area contributed by atoms with Gasteiger partial charge in [0.05, 0.1) is 22.3 Å². The van der Waals surface area contributed by atoms with Gasteiger partial charge in [0, 0.05) is 18.7 Å². The van der Waals surface area contributed by atoms with E-state index in [2.05, 4.69) is 10.1 Å². The SMILES string of the molecule is CSc1nc2c(s1)c1cnn(Cc3cccc(S(C)(=O)=O)c3)c(=O)c1n2C. The van der Waals surface area contributed by atoms with E-state index in [-0.39, 0.29) is 17.0 Å². The van der Waals surface area contributed by atoms with Crippen LogP contribution in [0.2, 0.25) is 0 Å². The molecule has 4 aromatic rings. The third-order valence-corrected chi connectivity index (χ3v) is 7.51. The molecule has 140 valence electrons. The fourth-order valence-electron chi connectivity index (χ4n) is 3.02. The number of nitrogens with zero attached hydrogens (tertiary/aromatic N) is 4. The van der Waals surface area contributed by atoms with Crippen molar-refractivity contribution in [3.05, 3.63) is 46.4 Å². The topological polar surface area (TPSA) is 86.8 Å². The standard InChI is InChI=1S/C17H16N4O3S3/c1-20-13-12(14-15(20)19-17(25-2)26-14)8-18-21(16(13)22)9-10-5-4-6-11(7-10)27(3,23)24/h4-8H,9H2,1-3H3. The van der Waals surface area contributed by atoms with Crippen molar-refractivity contribution in [3.63, 3.8) is 0 Å². The van der Waals surface area contributed by atoms with Gasteiger partial charge in [0.1, 0.15) is 5.52 Å². The van der Waals surface area contributed by atoms with Gasteiger partial charge in [-0.3, -0.25) is 4.79 Å². The first-order valence-electron chi connectivity index (χ1n) is 7.97. The number of fused-ring (bicyclic) bond motifs is 3. The molecule has 1 aromatic carbocycles. The normalized spacial score (nSPS) is 12.3. The average Bonchev–Trinajstić information content (AvgIpc) is 3.16. The Morgan fingerprint density at radius 1 is 1.30 bits per heavy atom. The summed E-state index contributed by atoms with van der Waals surface area (Å²) in [5.74, 6) is 0. The Labute approximate surface area is 163 Å². The van der Waals surface area contributed by atoms with Gasteiger partial charge in [-0.25, -0.2) is 18.1 Å². The molecule has 0 aliphatic rings. The third-order valence-electron chi connectivity index (χ3n) is 4.34. The Balaban J connectivity index is 1.83. The van der Waals surface area contributed by atoms with Crippen LogP contribution in [-0.2, 0) is 23.4 Å². The molecule has 27 heavy (non-hydrogen) atoms. The summed E-state index contributed by atoms with van der Waals surface area (Å²) in [6, 6.07) is 6.56. The van der Waals surface area contributed by atoms with Gasteiger partial charge in [-0.2, -0.15) is 5.10 Å². The number of sulfone groups is 1. The lowest BCUT2D eigenvalue weighted by Crippen LogP contribution is -2.24. The monoisotopic (exact) mass is 420 g/mol. The molecule has 4 rings (SSSR count). The summed E-state index contributed by atoms with van der Waals surface area (Å²) in [4.78, 5) is 17.8. The summed E-state index contributed by atoms with van der Waals surface area (Å²) in [5, 5.41) is 5.09. The Morgan fingerprint density at radius 3 is 2.78 bits per heavy atom. The second-order valence-electron chi connectivity index (χ2n) is 6.18. The molecule has 0 radical (unpaired) electrons. The highest BCUT2D eigenvalue weighted by molar-refractivity contribution is 8.00. The number of hydrogen-bond acceptors (Lipinski definition) is 7. The zero-order chi connectivity index (χ0) is 19.3. The van der Waals surface area contributed by atoms with Crippen LogP contribution in [0, 0.1) is 0 Å². The van der Waals surface area contributed by atoms with Gasteiger partial charge in [0.15, 0.2) is 19.8 Å². The van der Waals surface area contributed by atoms with Crippen molar-refractivity contribution in [2.75, 3.05) is 12.5 Å². The number of rotatable bonds is 4. The molecule has 7 nitrogen and oxygen atoms in total. The van der Waals surface area contributed by atoms with E-state index in [4.69, 9.17) is 0 Å². The molecule has 3 heterocycles. The van der Waals surface area contributed by atoms with E-state index in [1.165, 1.54) is 4.68 Å². The van der Waals surface area contributed by atoms with Crippen molar-refractivity contribution >= 4 is 54.2 Å². The maximum Gasteiger partial charge on any atom is 0.291 e. The highest BCUT2D eigenvalue weighted by atomic mass is 32.2. The summed E-state index contributed by atoms with van der Waals surface area (Å²) in [5.41, 5.74) is 1.79. The molecule has 0 aliphatic carbocycles. The maximum atomic E-state index is 13.0. The second kappa shape index (κ2) is 6.47. The molecule has 0 bridgehead atoms. The molecule has 0 spiro atoms. The van der Waals surface area contributed by atoms with Crippen LogP contribution in [0.5, 0.6) is 0 Å².